The van der Waals surface area contributed by atoms with E-state index >= 15 is 0 Å². The number of rotatable bonds is 1. The lowest BCUT2D eigenvalue weighted by atomic mass is 10.4. The minimum absolute atomic E-state index is 0.0326. The first-order chi connectivity index (χ1) is 6.58. The topological polar surface area (TPSA) is 30.2 Å². The Morgan fingerprint density at radius 2 is 2.07 bits per heavy atom. The maximum absolute atomic E-state index is 12.5. The van der Waals surface area contributed by atoms with E-state index in [1.54, 1.807) is 13.1 Å². The van der Waals surface area contributed by atoms with Crippen molar-refractivity contribution in [3.63, 3.8) is 0 Å². The highest BCUT2D eigenvalue weighted by molar-refractivity contribution is 6.29. The van der Waals surface area contributed by atoms with Crippen LogP contribution in [-0.2, 0) is 0 Å². The van der Waals surface area contributed by atoms with Gasteiger partial charge in [0, 0.05) is 12.4 Å². The lowest BCUT2D eigenvalue weighted by Crippen LogP contribution is -1.97. The van der Waals surface area contributed by atoms with Crippen LogP contribution in [0, 0.1) is 6.92 Å². The molecule has 3 nitrogen and oxygen atoms in total. The summed E-state index contributed by atoms with van der Waals surface area (Å²) < 4.78 is 26.5. The van der Waals surface area contributed by atoms with Crippen molar-refractivity contribution in [2.24, 2.45) is 0 Å². The summed E-state index contributed by atoms with van der Waals surface area (Å²) in [4.78, 5) is 7.48. The molecule has 14 heavy (non-hydrogen) atoms. The molecule has 74 valence electrons. The van der Waals surface area contributed by atoms with Gasteiger partial charge in [0.15, 0.2) is 11.3 Å². The smallest absolute Gasteiger partial charge is 0.284 e. The van der Waals surface area contributed by atoms with Gasteiger partial charge in [0.2, 0.25) is 0 Å². The van der Waals surface area contributed by atoms with E-state index in [9.17, 15) is 8.78 Å². The van der Waals surface area contributed by atoms with Crippen LogP contribution in [0.4, 0.5) is 8.78 Å². The summed E-state index contributed by atoms with van der Waals surface area (Å²) in [5.74, 6) is 0. The highest BCUT2D eigenvalue weighted by Gasteiger charge is 2.16. The first kappa shape index (κ1) is 9.33. The number of fused-ring (bicyclic) bond motifs is 1. The Morgan fingerprint density at radius 3 is 2.71 bits per heavy atom. The maximum atomic E-state index is 12.5. The summed E-state index contributed by atoms with van der Waals surface area (Å²) in [6.45, 7) is 1.72. The largest absolute Gasteiger partial charge is 0.302 e. The van der Waals surface area contributed by atoms with Crippen LogP contribution in [0.25, 0.3) is 5.65 Å². The molecule has 0 aliphatic carbocycles. The molecule has 0 unspecified atom stereocenters. The Hall–Kier alpha value is -1.23. The molecule has 0 N–H and O–H groups in total. The predicted octanol–water partition coefficient (Wildman–Crippen LogP) is 2.63. The van der Waals surface area contributed by atoms with Crippen molar-refractivity contribution in [2.75, 3.05) is 0 Å². The number of aryl methyl sites for hydroxylation is 1. The van der Waals surface area contributed by atoms with Gasteiger partial charge in [-0.05, 0) is 6.92 Å². The molecular weight excluding hydrogens is 212 g/mol. The van der Waals surface area contributed by atoms with Gasteiger partial charge in [0.25, 0.3) is 6.43 Å². The average Bonchev–Trinajstić information content (AvgIpc) is 2.42. The van der Waals surface area contributed by atoms with Crippen molar-refractivity contribution in [1.29, 1.82) is 0 Å². The number of imidazole rings is 1. The minimum Gasteiger partial charge on any atom is -0.302 e. The van der Waals surface area contributed by atoms with Gasteiger partial charge < -0.3 is 4.40 Å². The van der Waals surface area contributed by atoms with E-state index in [2.05, 4.69) is 9.97 Å². The van der Waals surface area contributed by atoms with Crippen molar-refractivity contribution in [2.45, 2.75) is 13.3 Å². The summed E-state index contributed by atoms with van der Waals surface area (Å²) in [5.41, 5.74) is 0.420. The van der Waals surface area contributed by atoms with E-state index in [1.807, 2.05) is 0 Å². The second kappa shape index (κ2) is 3.16. The normalized spacial score (nSPS) is 11.5. The fourth-order valence-electron chi connectivity index (χ4n) is 1.26. The van der Waals surface area contributed by atoms with Crippen LogP contribution in [0.1, 0.15) is 17.8 Å². The Morgan fingerprint density at radius 1 is 1.36 bits per heavy atom. The quantitative estimate of drug-likeness (QED) is 0.735. The molecule has 6 heteroatoms. The summed E-state index contributed by atoms with van der Waals surface area (Å²) in [6, 6.07) is 0. The molecule has 2 aromatic rings. The monoisotopic (exact) mass is 217 g/mol. The minimum atomic E-state index is -2.67. The lowest BCUT2D eigenvalue weighted by Gasteiger charge is -2.01. The van der Waals surface area contributed by atoms with Crippen LogP contribution in [-0.4, -0.2) is 14.4 Å². The second-order valence-corrected chi connectivity index (χ2v) is 3.25. The van der Waals surface area contributed by atoms with E-state index in [-0.39, 0.29) is 16.5 Å². The molecular formula is C8H6ClF2N3. The standard InChI is InChI=1S/C8H6ClF2N3/c1-4-2-14-3-5(9)13-6(7(10)11)8(14)12-4/h2-3,7H,1H3. The van der Waals surface area contributed by atoms with E-state index < -0.39 is 6.43 Å². The van der Waals surface area contributed by atoms with Gasteiger partial charge in [0.05, 0.1) is 5.69 Å². The Bertz CT molecular complexity index is 481. The second-order valence-electron chi connectivity index (χ2n) is 2.86. The molecule has 0 atom stereocenters. The molecule has 0 aromatic carbocycles. The Balaban J connectivity index is 2.79. The molecule has 0 aliphatic rings. The molecule has 0 spiro atoms. The van der Waals surface area contributed by atoms with Crippen molar-refractivity contribution in [3.8, 4) is 0 Å². The molecule has 0 aliphatic heterocycles. The summed E-state index contributed by atoms with van der Waals surface area (Å²) in [7, 11) is 0. The zero-order chi connectivity index (χ0) is 10.3. The molecule has 0 fully saturated rings. The molecule has 0 radical (unpaired) electrons. The third-order valence-corrected chi connectivity index (χ3v) is 1.94. The fraction of sp³-hybridized carbons (Fsp3) is 0.250. The summed E-state index contributed by atoms with van der Waals surface area (Å²) in [5, 5.41) is 0.0326. The summed E-state index contributed by atoms with van der Waals surface area (Å²) in [6.07, 6.45) is 0.398. The van der Waals surface area contributed by atoms with E-state index in [0.29, 0.717) is 5.69 Å². The van der Waals surface area contributed by atoms with Crippen LogP contribution in [0.2, 0.25) is 5.15 Å². The van der Waals surface area contributed by atoms with Crippen molar-refractivity contribution >= 4 is 17.2 Å². The van der Waals surface area contributed by atoms with Crippen LogP contribution < -0.4 is 0 Å². The predicted molar refractivity (Wildman–Crippen MR) is 47.7 cm³/mol. The maximum Gasteiger partial charge on any atom is 0.284 e. The number of halogens is 3. The number of hydrogen-bond donors (Lipinski definition) is 0. The van der Waals surface area contributed by atoms with E-state index in [1.165, 1.54) is 10.6 Å². The third kappa shape index (κ3) is 1.43. The SMILES string of the molecule is Cc1cn2cc(Cl)nc(C(F)F)c2n1. The van der Waals surface area contributed by atoms with Crippen LogP contribution >= 0.6 is 11.6 Å². The van der Waals surface area contributed by atoms with Crippen molar-refractivity contribution < 1.29 is 8.78 Å². The Labute approximate surface area is 83.4 Å². The van der Waals surface area contributed by atoms with Crippen LogP contribution in [0.5, 0.6) is 0 Å². The van der Waals surface area contributed by atoms with Crippen molar-refractivity contribution in [3.05, 3.63) is 28.9 Å². The van der Waals surface area contributed by atoms with Gasteiger partial charge in [-0.2, -0.15) is 0 Å². The summed E-state index contributed by atoms with van der Waals surface area (Å²) >= 11 is 5.58. The van der Waals surface area contributed by atoms with Gasteiger partial charge in [-0.25, -0.2) is 18.7 Å². The first-order valence-electron chi connectivity index (χ1n) is 3.88. The average molecular weight is 218 g/mol. The molecule has 2 rings (SSSR count). The number of hydrogen-bond acceptors (Lipinski definition) is 2. The van der Waals surface area contributed by atoms with E-state index in [0.717, 1.165) is 0 Å². The van der Waals surface area contributed by atoms with Gasteiger partial charge >= 0.3 is 0 Å². The van der Waals surface area contributed by atoms with Gasteiger partial charge in [0.1, 0.15) is 5.15 Å². The fourth-order valence-corrected chi connectivity index (χ4v) is 1.46. The highest BCUT2D eigenvalue weighted by Crippen LogP contribution is 2.23. The van der Waals surface area contributed by atoms with Gasteiger partial charge in [-0.15, -0.1) is 0 Å². The Kier molecular flexibility index (Phi) is 2.11. The van der Waals surface area contributed by atoms with E-state index in [4.69, 9.17) is 11.6 Å². The molecule has 0 amide bonds. The number of aromatic nitrogens is 3. The van der Waals surface area contributed by atoms with Gasteiger partial charge in [-0.3, -0.25) is 0 Å². The van der Waals surface area contributed by atoms with Gasteiger partial charge in [-0.1, -0.05) is 11.6 Å². The molecule has 2 aromatic heterocycles. The van der Waals surface area contributed by atoms with Crippen LogP contribution in [0.3, 0.4) is 0 Å². The zero-order valence-electron chi connectivity index (χ0n) is 7.21. The first-order valence-corrected chi connectivity index (χ1v) is 4.25. The number of nitrogens with zero attached hydrogens (tertiary/aromatic N) is 3. The molecule has 2 heterocycles. The molecule has 0 saturated carbocycles. The molecule has 0 saturated heterocycles. The van der Waals surface area contributed by atoms with Crippen LogP contribution in [0.15, 0.2) is 12.4 Å². The molecule has 0 bridgehead atoms. The highest BCUT2D eigenvalue weighted by atomic mass is 35.5. The zero-order valence-corrected chi connectivity index (χ0v) is 7.96. The van der Waals surface area contributed by atoms with Crippen molar-refractivity contribution in [1.82, 2.24) is 14.4 Å². The lowest BCUT2D eigenvalue weighted by molar-refractivity contribution is 0.147. The number of alkyl halides is 2. The third-order valence-electron chi connectivity index (χ3n) is 1.76.